The second kappa shape index (κ2) is 6.79. The van der Waals surface area contributed by atoms with Crippen molar-refractivity contribution in [3.63, 3.8) is 0 Å². The van der Waals surface area contributed by atoms with Gasteiger partial charge in [0.05, 0.1) is 29.6 Å². The summed E-state index contributed by atoms with van der Waals surface area (Å²) in [5, 5.41) is 7.72. The van der Waals surface area contributed by atoms with E-state index in [9.17, 15) is 0 Å². The van der Waals surface area contributed by atoms with Crippen molar-refractivity contribution in [2.45, 2.75) is 12.5 Å². The van der Waals surface area contributed by atoms with Crippen LogP contribution in [0.3, 0.4) is 0 Å². The Bertz CT molecular complexity index is 731. The fraction of sp³-hybridized carbons (Fsp3) is 0.235. The minimum absolute atomic E-state index is 0.0538. The molecular weight excluding hydrogens is 333 g/mol. The van der Waals surface area contributed by atoms with Crippen molar-refractivity contribution in [3.05, 3.63) is 58.1 Å². The summed E-state index contributed by atoms with van der Waals surface area (Å²) in [6, 6.07) is 13.4. The number of nitrogens with zero attached hydrogens (tertiary/aromatic N) is 2. The molecule has 4 nitrogen and oxygen atoms in total. The minimum Gasteiger partial charge on any atom is -0.497 e. The molecule has 1 unspecified atom stereocenters. The van der Waals surface area contributed by atoms with Crippen LogP contribution in [0.15, 0.2) is 47.6 Å². The van der Waals surface area contributed by atoms with Gasteiger partial charge >= 0.3 is 0 Å². The Morgan fingerprint density at radius 3 is 2.57 bits per heavy atom. The van der Waals surface area contributed by atoms with Crippen molar-refractivity contribution in [1.29, 1.82) is 0 Å². The summed E-state index contributed by atoms with van der Waals surface area (Å²) in [7, 11) is 1.65. The molecular formula is C17H17Cl2N3O. The van der Waals surface area contributed by atoms with Crippen LogP contribution in [0.5, 0.6) is 5.75 Å². The van der Waals surface area contributed by atoms with Crippen LogP contribution in [0, 0.1) is 0 Å². The number of rotatable bonds is 4. The number of hydrogen-bond acceptors (Lipinski definition) is 4. The molecule has 3 rings (SSSR count). The van der Waals surface area contributed by atoms with Crippen LogP contribution in [-0.2, 0) is 0 Å². The predicted molar refractivity (Wildman–Crippen MR) is 95.8 cm³/mol. The third-order valence-electron chi connectivity index (χ3n) is 3.87. The lowest BCUT2D eigenvalue weighted by atomic mass is 10.0. The molecule has 2 aromatic carbocycles. The molecule has 23 heavy (non-hydrogen) atoms. The molecule has 0 bridgehead atoms. The molecule has 1 aliphatic rings. The first-order valence-electron chi connectivity index (χ1n) is 7.27. The maximum atomic E-state index is 6.35. The first-order valence-corrected chi connectivity index (χ1v) is 8.02. The first-order chi connectivity index (χ1) is 11.1. The van der Waals surface area contributed by atoms with Crippen molar-refractivity contribution in [1.82, 2.24) is 0 Å². The van der Waals surface area contributed by atoms with Crippen LogP contribution in [0.25, 0.3) is 0 Å². The van der Waals surface area contributed by atoms with E-state index < -0.39 is 0 Å². The van der Waals surface area contributed by atoms with E-state index in [1.165, 1.54) is 0 Å². The Kier molecular flexibility index (Phi) is 4.76. The van der Waals surface area contributed by atoms with Crippen LogP contribution in [-0.4, -0.2) is 19.4 Å². The molecule has 1 heterocycles. The number of halogens is 2. The fourth-order valence-electron chi connectivity index (χ4n) is 2.67. The predicted octanol–water partition coefficient (Wildman–Crippen LogP) is 4.27. The topological polar surface area (TPSA) is 50.9 Å². The van der Waals surface area contributed by atoms with Crippen LogP contribution in [0.4, 0.5) is 5.69 Å². The van der Waals surface area contributed by atoms with Crippen LogP contribution in [0.2, 0.25) is 10.0 Å². The van der Waals surface area contributed by atoms with Crippen molar-refractivity contribution < 1.29 is 4.74 Å². The smallest absolute Gasteiger partial charge is 0.118 e. The van der Waals surface area contributed by atoms with Gasteiger partial charge in [0.15, 0.2) is 0 Å². The summed E-state index contributed by atoms with van der Waals surface area (Å²) in [5.41, 5.74) is 8.68. The molecule has 6 heteroatoms. The van der Waals surface area contributed by atoms with Crippen molar-refractivity contribution in [2.24, 2.45) is 10.8 Å². The summed E-state index contributed by atoms with van der Waals surface area (Å²) in [5.74, 6) is 0.822. The minimum atomic E-state index is 0.0538. The quantitative estimate of drug-likeness (QED) is 0.896. The zero-order chi connectivity index (χ0) is 16.4. The van der Waals surface area contributed by atoms with Gasteiger partial charge in [0.25, 0.3) is 0 Å². The van der Waals surface area contributed by atoms with Crippen LogP contribution >= 0.6 is 23.2 Å². The zero-order valence-electron chi connectivity index (χ0n) is 12.7. The van der Waals surface area contributed by atoms with E-state index in [1.807, 2.05) is 41.4 Å². The van der Waals surface area contributed by atoms with Gasteiger partial charge in [-0.3, -0.25) is 5.01 Å². The molecule has 120 valence electrons. The van der Waals surface area contributed by atoms with E-state index in [0.717, 1.165) is 29.1 Å². The lowest BCUT2D eigenvalue weighted by Gasteiger charge is -2.25. The Balaban J connectivity index is 1.98. The summed E-state index contributed by atoms with van der Waals surface area (Å²) < 4.78 is 5.22. The second-order valence-electron chi connectivity index (χ2n) is 5.30. The number of hydrazone groups is 1. The van der Waals surface area contributed by atoms with E-state index in [-0.39, 0.29) is 6.04 Å². The maximum Gasteiger partial charge on any atom is 0.118 e. The number of benzene rings is 2. The lowest BCUT2D eigenvalue weighted by molar-refractivity contribution is 0.414. The van der Waals surface area contributed by atoms with Gasteiger partial charge in [0.1, 0.15) is 5.75 Å². The van der Waals surface area contributed by atoms with Crippen molar-refractivity contribution in [3.8, 4) is 5.75 Å². The highest BCUT2D eigenvalue weighted by molar-refractivity contribution is 6.36. The van der Waals surface area contributed by atoms with Crippen LogP contribution in [0.1, 0.15) is 18.0 Å². The normalized spacial score (nSPS) is 17.3. The molecule has 0 aliphatic carbocycles. The first kappa shape index (κ1) is 16.1. The third kappa shape index (κ3) is 3.29. The van der Waals surface area contributed by atoms with Gasteiger partial charge in [-0.1, -0.05) is 35.3 Å². The van der Waals surface area contributed by atoms with Gasteiger partial charge in [-0.25, -0.2) is 0 Å². The van der Waals surface area contributed by atoms with Gasteiger partial charge in [-0.05, 0) is 35.9 Å². The molecule has 2 aromatic rings. The lowest BCUT2D eigenvalue weighted by Crippen LogP contribution is -2.19. The molecule has 0 radical (unpaired) electrons. The van der Waals surface area contributed by atoms with Gasteiger partial charge in [0, 0.05) is 18.0 Å². The largest absolute Gasteiger partial charge is 0.497 e. The van der Waals surface area contributed by atoms with Crippen molar-refractivity contribution in [2.75, 3.05) is 18.7 Å². The van der Waals surface area contributed by atoms with Crippen molar-refractivity contribution >= 4 is 34.6 Å². The number of anilines is 1. The fourth-order valence-corrected chi connectivity index (χ4v) is 3.17. The highest BCUT2D eigenvalue weighted by Crippen LogP contribution is 2.39. The molecule has 1 aliphatic heterocycles. The molecule has 1 atom stereocenters. The van der Waals surface area contributed by atoms with E-state index in [1.54, 1.807) is 13.2 Å². The van der Waals surface area contributed by atoms with Gasteiger partial charge < -0.3 is 10.5 Å². The monoisotopic (exact) mass is 349 g/mol. The summed E-state index contributed by atoms with van der Waals surface area (Å²) in [6.45, 7) is 0.425. The number of methoxy groups -OCH3 is 1. The van der Waals surface area contributed by atoms with Crippen LogP contribution < -0.4 is 15.5 Å². The highest BCUT2D eigenvalue weighted by Gasteiger charge is 2.29. The molecule has 2 N–H and O–H groups in total. The van der Waals surface area contributed by atoms with E-state index in [4.69, 9.17) is 33.7 Å². The van der Waals surface area contributed by atoms with E-state index in [2.05, 4.69) is 5.10 Å². The number of hydrogen-bond donors (Lipinski definition) is 1. The highest BCUT2D eigenvalue weighted by atomic mass is 35.5. The average molecular weight is 350 g/mol. The molecule has 0 amide bonds. The molecule has 0 aromatic heterocycles. The third-order valence-corrected chi connectivity index (χ3v) is 4.40. The Labute approximate surface area is 145 Å². The van der Waals surface area contributed by atoms with E-state index >= 15 is 0 Å². The molecule has 0 spiro atoms. The Morgan fingerprint density at radius 1 is 1.22 bits per heavy atom. The molecule has 0 saturated carbocycles. The molecule has 0 saturated heterocycles. The maximum absolute atomic E-state index is 6.35. The summed E-state index contributed by atoms with van der Waals surface area (Å²) in [4.78, 5) is 0. The number of nitrogens with two attached hydrogens (primary N) is 1. The van der Waals surface area contributed by atoms with Gasteiger partial charge in [0.2, 0.25) is 0 Å². The number of ether oxygens (including phenoxy) is 1. The second-order valence-corrected chi connectivity index (χ2v) is 6.15. The average Bonchev–Trinajstić information content (AvgIpc) is 2.99. The van der Waals surface area contributed by atoms with Gasteiger partial charge in [-0.2, -0.15) is 5.10 Å². The zero-order valence-corrected chi connectivity index (χ0v) is 14.2. The van der Waals surface area contributed by atoms with E-state index in [0.29, 0.717) is 16.6 Å². The summed E-state index contributed by atoms with van der Waals surface area (Å²) >= 11 is 12.3. The Morgan fingerprint density at radius 2 is 1.96 bits per heavy atom. The summed E-state index contributed by atoms with van der Waals surface area (Å²) in [6.07, 6.45) is 0.766. The standard InChI is InChI=1S/C17H17Cl2N3O/c1-23-14-5-2-11(3-6-14)17-9-13(10-20)21-22(17)16-7-4-12(18)8-15(16)19/h2-8,17H,9-10,20H2,1H3. The SMILES string of the molecule is COc1ccc(C2CC(CN)=NN2c2ccc(Cl)cc2Cl)cc1. The Hall–Kier alpha value is -1.75. The molecule has 0 fully saturated rings. The van der Waals surface area contributed by atoms with Gasteiger partial charge in [-0.15, -0.1) is 0 Å².